The molecule has 0 aromatic heterocycles. The van der Waals surface area contributed by atoms with E-state index in [1.165, 1.54) is 0 Å². The summed E-state index contributed by atoms with van der Waals surface area (Å²) in [6.07, 6.45) is 1.90. The van der Waals surface area contributed by atoms with Crippen molar-refractivity contribution in [1.29, 1.82) is 0 Å². The van der Waals surface area contributed by atoms with Gasteiger partial charge in [-0.3, -0.25) is 0 Å². The third kappa shape index (κ3) is 1.61. The van der Waals surface area contributed by atoms with Crippen LogP contribution >= 0.6 is 0 Å². The lowest BCUT2D eigenvalue weighted by atomic mass is 9.99. The molecule has 0 amide bonds. The molecule has 0 bridgehead atoms. The van der Waals surface area contributed by atoms with Crippen molar-refractivity contribution in [2.24, 2.45) is 5.73 Å². The maximum absolute atomic E-state index is 6.00. The lowest BCUT2D eigenvalue weighted by Gasteiger charge is -2.15. The normalized spacial score (nSPS) is 21.4. The molecule has 3 nitrogen and oxygen atoms in total. The molecule has 76 valence electrons. The van der Waals surface area contributed by atoms with Crippen LogP contribution in [-0.2, 0) is 4.89 Å². The van der Waals surface area contributed by atoms with E-state index >= 15 is 0 Å². The molecule has 14 heavy (non-hydrogen) atoms. The van der Waals surface area contributed by atoms with E-state index in [1.807, 2.05) is 24.3 Å². The molecule has 1 aliphatic rings. The quantitative estimate of drug-likeness (QED) is 0.748. The highest BCUT2D eigenvalue weighted by Gasteiger charge is 2.30. The summed E-state index contributed by atoms with van der Waals surface area (Å²) in [4.78, 5) is 10.3. The first-order valence-electron chi connectivity index (χ1n) is 5.00. The summed E-state index contributed by atoms with van der Waals surface area (Å²) in [6.45, 7) is 2.11. The van der Waals surface area contributed by atoms with E-state index in [9.17, 15) is 0 Å². The summed E-state index contributed by atoms with van der Waals surface area (Å²) in [5, 5.41) is 0. The molecule has 1 heterocycles. The molecular formula is C11H15NO2. The monoisotopic (exact) mass is 193 g/mol. The second kappa shape index (κ2) is 3.98. The van der Waals surface area contributed by atoms with E-state index in [4.69, 9.17) is 15.5 Å². The van der Waals surface area contributed by atoms with Crippen LogP contribution in [0, 0.1) is 0 Å². The summed E-state index contributed by atoms with van der Waals surface area (Å²) in [7, 11) is 0. The van der Waals surface area contributed by atoms with Crippen LogP contribution in [0.3, 0.4) is 0 Å². The van der Waals surface area contributed by atoms with Gasteiger partial charge in [-0.05, 0) is 12.5 Å². The Labute approximate surface area is 83.7 Å². The van der Waals surface area contributed by atoms with Crippen molar-refractivity contribution in [3.8, 4) is 5.75 Å². The van der Waals surface area contributed by atoms with Crippen molar-refractivity contribution < 1.29 is 9.78 Å². The van der Waals surface area contributed by atoms with Gasteiger partial charge in [-0.2, -0.15) is 4.89 Å². The minimum Gasteiger partial charge on any atom is -0.336 e. The van der Waals surface area contributed by atoms with Crippen molar-refractivity contribution in [3.63, 3.8) is 0 Å². The highest BCUT2D eigenvalue weighted by molar-refractivity contribution is 5.37. The zero-order valence-corrected chi connectivity index (χ0v) is 8.27. The van der Waals surface area contributed by atoms with Crippen molar-refractivity contribution >= 4 is 0 Å². The van der Waals surface area contributed by atoms with Crippen molar-refractivity contribution in [1.82, 2.24) is 0 Å². The SMILES string of the molecule is CCCC(N)C1OOc2ccccc21. The fourth-order valence-corrected chi connectivity index (χ4v) is 1.73. The van der Waals surface area contributed by atoms with Gasteiger partial charge in [-0.25, -0.2) is 0 Å². The zero-order valence-electron chi connectivity index (χ0n) is 8.27. The van der Waals surface area contributed by atoms with Gasteiger partial charge in [0.15, 0.2) is 5.75 Å². The molecule has 2 rings (SSSR count). The van der Waals surface area contributed by atoms with E-state index in [2.05, 4.69) is 6.92 Å². The Balaban J connectivity index is 2.17. The number of hydrogen-bond acceptors (Lipinski definition) is 3. The molecule has 2 N–H and O–H groups in total. The maximum Gasteiger partial charge on any atom is 0.171 e. The standard InChI is InChI=1S/C11H15NO2/c1-2-5-9(12)11-8-6-3-4-7-10(8)13-14-11/h3-4,6-7,9,11H,2,5,12H2,1H3. The number of fused-ring (bicyclic) bond motifs is 1. The summed E-state index contributed by atoms with van der Waals surface area (Å²) in [6, 6.07) is 7.82. The van der Waals surface area contributed by atoms with E-state index in [0.717, 1.165) is 24.2 Å². The van der Waals surface area contributed by atoms with Crippen LogP contribution in [0.25, 0.3) is 0 Å². The summed E-state index contributed by atoms with van der Waals surface area (Å²) in [5.41, 5.74) is 7.06. The average molecular weight is 193 g/mol. The number of hydrogen-bond donors (Lipinski definition) is 1. The molecule has 2 atom stereocenters. The molecule has 2 unspecified atom stereocenters. The van der Waals surface area contributed by atoms with E-state index in [-0.39, 0.29) is 12.1 Å². The fraction of sp³-hybridized carbons (Fsp3) is 0.455. The molecule has 0 saturated carbocycles. The van der Waals surface area contributed by atoms with Gasteiger partial charge in [0.1, 0.15) is 6.10 Å². The molecule has 0 saturated heterocycles. The Morgan fingerprint density at radius 2 is 2.21 bits per heavy atom. The molecule has 0 aliphatic carbocycles. The van der Waals surface area contributed by atoms with Crippen molar-refractivity contribution in [3.05, 3.63) is 29.8 Å². The van der Waals surface area contributed by atoms with Crippen molar-refractivity contribution in [2.45, 2.75) is 31.9 Å². The van der Waals surface area contributed by atoms with Gasteiger partial charge < -0.3 is 10.6 Å². The van der Waals surface area contributed by atoms with Crippen LogP contribution in [0.15, 0.2) is 24.3 Å². The van der Waals surface area contributed by atoms with Crippen LogP contribution in [-0.4, -0.2) is 6.04 Å². The number of nitrogens with two attached hydrogens (primary N) is 1. The molecule has 1 aromatic rings. The largest absolute Gasteiger partial charge is 0.336 e. The predicted molar refractivity (Wildman–Crippen MR) is 53.8 cm³/mol. The fourth-order valence-electron chi connectivity index (χ4n) is 1.73. The lowest BCUT2D eigenvalue weighted by molar-refractivity contribution is -0.229. The minimum atomic E-state index is -0.105. The van der Waals surface area contributed by atoms with E-state index in [1.54, 1.807) is 0 Å². The van der Waals surface area contributed by atoms with Crippen LogP contribution in [0.5, 0.6) is 5.75 Å². The van der Waals surface area contributed by atoms with Crippen molar-refractivity contribution in [2.75, 3.05) is 0 Å². The first-order chi connectivity index (χ1) is 6.83. The van der Waals surface area contributed by atoms with Gasteiger partial charge in [0.05, 0.1) is 0 Å². The third-order valence-electron chi connectivity index (χ3n) is 2.48. The summed E-state index contributed by atoms with van der Waals surface area (Å²) in [5.74, 6) is 0.795. The van der Waals surface area contributed by atoms with Crippen LogP contribution in [0.4, 0.5) is 0 Å². The molecule has 1 aromatic carbocycles. The van der Waals surface area contributed by atoms with Gasteiger partial charge in [0.2, 0.25) is 0 Å². The topological polar surface area (TPSA) is 44.5 Å². The first-order valence-corrected chi connectivity index (χ1v) is 5.00. The Bertz CT molecular complexity index is 314. The Hall–Kier alpha value is -1.06. The second-order valence-electron chi connectivity index (χ2n) is 3.59. The lowest BCUT2D eigenvalue weighted by Crippen LogP contribution is -2.28. The Kier molecular flexibility index (Phi) is 2.70. The van der Waals surface area contributed by atoms with Crippen LogP contribution < -0.4 is 10.6 Å². The van der Waals surface area contributed by atoms with Crippen LogP contribution in [0.1, 0.15) is 31.4 Å². The molecule has 1 aliphatic heterocycles. The van der Waals surface area contributed by atoms with Gasteiger partial charge >= 0.3 is 0 Å². The number of rotatable bonds is 3. The van der Waals surface area contributed by atoms with Crippen LogP contribution in [0.2, 0.25) is 0 Å². The van der Waals surface area contributed by atoms with Gasteiger partial charge in [-0.15, -0.1) is 0 Å². The average Bonchev–Trinajstić information content (AvgIpc) is 2.61. The first kappa shape index (κ1) is 9.49. The minimum absolute atomic E-state index is 0.0173. The highest BCUT2D eigenvalue weighted by atomic mass is 17.2. The molecule has 0 radical (unpaired) electrons. The predicted octanol–water partition coefficient (Wildman–Crippen LogP) is 2.18. The number of para-hydroxylation sites is 1. The molecular weight excluding hydrogens is 178 g/mol. The summed E-state index contributed by atoms with van der Waals surface area (Å²) < 4.78 is 0. The van der Waals surface area contributed by atoms with E-state index in [0.29, 0.717) is 0 Å². The van der Waals surface area contributed by atoms with Gasteiger partial charge in [0, 0.05) is 11.6 Å². The summed E-state index contributed by atoms with van der Waals surface area (Å²) >= 11 is 0. The zero-order chi connectivity index (χ0) is 9.97. The van der Waals surface area contributed by atoms with E-state index < -0.39 is 0 Å². The molecule has 0 spiro atoms. The van der Waals surface area contributed by atoms with Gasteiger partial charge in [0.25, 0.3) is 0 Å². The maximum atomic E-state index is 6.00. The Morgan fingerprint density at radius 1 is 1.43 bits per heavy atom. The number of benzene rings is 1. The molecule has 3 heteroatoms. The Morgan fingerprint density at radius 3 is 3.00 bits per heavy atom. The second-order valence-corrected chi connectivity index (χ2v) is 3.59. The van der Waals surface area contributed by atoms with Gasteiger partial charge in [-0.1, -0.05) is 31.5 Å². The third-order valence-corrected chi connectivity index (χ3v) is 2.48. The molecule has 0 fully saturated rings. The highest BCUT2D eigenvalue weighted by Crippen LogP contribution is 2.36. The smallest absolute Gasteiger partial charge is 0.171 e.